The minimum Gasteiger partial charge on any atom is -0.294 e. The van der Waals surface area contributed by atoms with Crippen LogP contribution in [0.1, 0.15) is 27.2 Å². The fourth-order valence-electron chi connectivity index (χ4n) is 1.15. The zero-order valence-electron chi connectivity index (χ0n) is 10.4. The maximum absolute atomic E-state index is 11.7. The van der Waals surface area contributed by atoms with E-state index in [4.69, 9.17) is 0 Å². The van der Waals surface area contributed by atoms with Crippen molar-refractivity contribution in [2.24, 2.45) is 0 Å². The normalized spacial score (nSPS) is 13.1. The van der Waals surface area contributed by atoms with Crippen molar-refractivity contribution in [2.45, 2.75) is 27.2 Å². The molecule has 0 N–H and O–H groups in total. The van der Waals surface area contributed by atoms with Crippen LogP contribution >= 0.6 is 0 Å². The Hall–Kier alpha value is -1.63. The monoisotopic (exact) mass is 216 g/mol. The van der Waals surface area contributed by atoms with Gasteiger partial charge in [-0.1, -0.05) is 49.1 Å². The van der Waals surface area contributed by atoms with E-state index < -0.39 is 0 Å². The van der Waals surface area contributed by atoms with Crippen LogP contribution in [-0.2, 0) is 4.79 Å². The van der Waals surface area contributed by atoms with Crippen molar-refractivity contribution in [3.05, 3.63) is 60.3 Å². The number of carbonyl (C=O) groups is 1. The SMILES string of the molecule is C=C(/C=C\C=C/C)C(=O)CC(/C=C\C)=C/C. The highest BCUT2D eigenvalue weighted by Gasteiger charge is 2.05. The smallest absolute Gasteiger partial charge is 0.166 e. The molecule has 0 spiro atoms. The predicted octanol–water partition coefficient (Wildman–Crippen LogP) is 4.16. The molecule has 0 unspecified atom stereocenters. The van der Waals surface area contributed by atoms with Crippen molar-refractivity contribution >= 4 is 5.78 Å². The minimum absolute atomic E-state index is 0.0620. The number of ketones is 1. The van der Waals surface area contributed by atoms with Crippen molar-refractivity contribution in [3.63, 3.8) is 0 Å². The molecule has 16 heavy (non-hydrogen) atoms. The Balaban J connectivity index is 4.41. The van der Waals surface area contributed by atoms with Gasteiger partial charge in [0.25, 0.3) is 0 Å². The second kappa shape index (κ2) is 8.66. The average Bonchev–Trinajstić information content (AvgIpc) is 2.28. The van der Waals surface area contributed by atoms with Crippen LogP contribution in [0, 0.1) is 0 Å². The van der Waals surface area contributed by atoms with Gasteiger partial charge in [-0.2, -0.15) is 0 Å². The van der Waals surface area contributed by atoms with Gasteiger partial charge in [-0.15, -0.1) is 0 Å². The van der Waals surface area contributed by atoms with Crippen LogP contribution in [-0.4, -0.2) is 5.78 Å². The summed E-state index contributed by atoms with van der Waals surface area (Å²) in [5.74, 6) is 0.0620. The van der Waals surface area contributed by atoms with E-state index in [2.05, 4.69) is 6.58 Å². The molecule has 86 valence electrons. The van der Waals surface area contributed by atoms with Gasteiger partial charge in [0.05, 0.1) is 0 Å². The van der Waals surface area contributed by atoms with Crippen molar-refractivity contribution in [1.82, 2.24) is 0 Å². The number of hydrogen-bond acceptors (Lipinski definition) is 1. The zero-order chi connectivity index (χ0) is 12.4. The van der Waals surface area contributed by atoms with Gasteiger partial charge in [-0.25, -0.2) is 0 Å². The molecule has 0 saturated carbocycles. The van der Waals surface area contributed by atoms with E-state index in [9.17, 15) is 4.79 Å². The van der Waals surface area contributed by atoms with Crippen LogP contribution < -0.4 is 0 Å². The molecule has 0 heterocycles. The first-order valence-corrected chi connectivity index (χ1v) is 5.45. The Labute approximate surface area is 98.6 Å². The predicted molar refractivity (Wildman–Crippen MR) is 71.3 cm³/mol. The molecule has 0 amide bonds. The Kier molecular flexibility index (Phi) is 7.78. The molecule has 0 aromatic rings. The van der Waals surface area contributed by atoms with E-state index in [1.54, 1.807) is 6.08 Å². The van der Waals surface area contributed by atoms with E-state index in [-0.39, 0.29) is 5.78 Å². The van der Waals surface area contributed by atoms with E-state index in [0.29, 0.717) is 12.0 Å². The molecule has 0 bridgehead atoms. The third-order valence-electron chi connectivity index (χ3n) is 2.08. The summed E-state index contributed by atoms with van der Waals surface area (Å²) < 4.78 is 0. The molecule has 1 nitrogen and oxygen atoms in total. The largest absolute Gasteiger partial charge is 0.294 e. The lowest BCUT2D eigenvalue weighted by Crippen LogP contribution is -2.00. The molecule has 0 aromatic heterocycles. The van der Waals surface area contributed by atoms with E-state index in [1.807, 2.05) is 57.2 Å². The summed E-state index contributed by atoms with van der Waals surface area (Å²) in [6.07, 6.45) is 13.6. The maximum atomic E-state index is 11.7. The molecule has 0 rings (SSSR count). The lowest BCUT2D eigenvalue weighted by Gasteiger charge is -2.00. The van der Waals surface area contributed by atoms with Crippen LogP contribution in [0.2, 0.25) is 0 Å². The standard InChI is InChI=1S/C15H20O/c1-5-8-9-11-13(4)15(16)12-14(7-3)10-6-2/h5-11H,4,12H2,1-3H3/b8-5-,10-6-,11-9-,14-7+. The Morgan fingerprint density at radius 3 is 2.25 bits per heavy atom. The van der Waals surface area contributed by atoms with Crippen LogP contribution in [0.25, 0.3) is 0 Å². The highest BCUT2D eigenvalue weighted by molar-refractivity contribution is 5.99. The van der Waals surface area contributed by atoms with Gasteiger partial charge in [-0.3, -0.25) is 4.79 Å². The highest BCUT2D eigenvalue weighted by atomic mass is 16.1. The molecule has 0 atom stereocenters. The number of allylic oxidation sites excluding steroid dienone is 9. The van der Waals surface area contributed by atoms with Gasteiger partial charge in [0.15, 0.2) is 5.78 Å². The summed E-state index contributed by atoms with van der Waals surface area (Å²) in [6, 6.07) is 0. The first kappa shape index (κ1) is 14.4. The fourth-order valence-corrected chi connectivity index (χ4v) is 1.15. The second-order valence-electron chi connectivity index (χ2n) is 3.37. The number of hydrogen-bond donors (Lipinski definition) is 0. The third kappa shape index (κ3) is 5.97. The number of rotatable bonds is 6. The molecule has 0 aliphatic carbocycles. The molecule has 0 aromatic carbocycles. The first-order chi connectivity index (χ1) is 7.65. The summed E-state index contributed by atoms with van der Waals surface area (Å²) in [5.41, 5.74) is 1.56. The zero-order valence-corrected chi connectivity index (χ0v) is 10.4. The topological polar surface area (TPSA) is 17.1 Å². The molecule has 0 saturated heterocycles. The molecular formula is C15H20O. The third-order valence-corrected chi connectivity index (χ3v) is 2.08. The Bertz CT molecular complexity index is 352. The van der Waals surface area contributed by atoms with Gasteiger partial charge in [0.2, 0.25) is 0 Å². The van der Waals surface area contributed by atoms with Crippen LogP contribution in [0.3, 0.4) is 0 Å². The number of Topliss-reactive ketones (excluding diaryl/α,β-unsaturated/α-hetero) is 1. The van der Waals surface area contributed by atoms with Gasteiger partial charge in [0.1, 0.15) is 0 Å². The Morgan fingerprint density at radius 2 is 1.75 bits per heavy atom. The number of carbonyl (C=O) groups excluding carboxylic acids is 1. The highest BCUT2D eigenvalue weighted by Crippen LogP contribution is 2.09. The molecule has 0 aliphatic heterocycles. The summed E-state index contributed by atoms with van der Waals surface area (Å²) in [6.45, 7) is 9.55. The summed E-state index contributed by atoms with van der Waals surface area (Å²) >= 11 is 0. The lowest BCUT2D eigenvalue weighted by atomic mass is 10.0. The quantitative estimate of drug-likeness (QED) is 0.481. The lowest BCUT2D eigenvalue weighted by molar-refractivity contribution is -0.114. The van der Waals surface area contributed by atoms with E-state index in [1.165, 1.54) is 0 Å². The van der Waals surface area contributed by atoms with Gasteiger partial charge >= 0.3 is 0 Å². The molecular weight excluding hydrogens is 196 g/mol. The van der Waals surface area contributed by atoms with Crippen LogP contribution in [0.5, 0.6) is 0 Å². The van der Waals surface area contributed by atoms with E-state index in [0.717, 1.165) is 5.57 Å². The molecule has 0 radical (unpaired) electrons. The first-order valence-electron chi connectivity index (χ1n) is 5.45. The van der Waals surface area contributed by atoms with Crippen molar-refractivity contribution in [1.29, 1.82) is 0 Å². The van der Waals surface area contributed by atoms with Gasteiger partial charge in [0, 0.05) is 12.0 Å². The summed E-state index contributed by atoms with van der Waals surface area (Å²) in [7, 11) is 0. The second-order valence-corrected chi connectivity index (χ2v) is 3.37. The fraction of sp³-hybridized carbons (Fsp3) is 0.267. The minimum atomic E-state index is 0.0620. The van der Waals surface area contributed by atoms with Crippen molar-refractivity contribution < 1.29 is 4.79 Å². The average molecular weight is 216 g/mol. The van der Waals surface area contributed by atoms with Gasteiger partial charge in [-0.05, 0) is 26.3 Å². The maximum Gasteiger partial charge on any atom is 0.166 e. The van der Waals surface area contributed by atoms with Gasteiger partial charge < -0.3 is 0 Å². The van der Waals surface area contributed by atoms with Crippen LogP contribution in [0.15, 0.2) is 60.3 Å². The van der Waals surface area contributed by atoms with Crippen molar-refractivity contribution in [3.8, 4) is 0 Å². The molecule has 1 heteroatoms. The Morgan fingerprint density at radius 1 is 1.06 bits per heavy atom. The molecule has 0 aliphatic rings. The summed E-state index contributed by atoms with van der Waals surface area (Å²) in [5, 5.41) is 0. The van der Waals surface area contributed by atoms with Crippen LogP contribution in [0.4, 0.5) is 0 Å². The van der Waals surface area contributed by atoms with E-state index >= 15 is 0 Å². The van der Waals surface area contributed by atoms with Crippen molar-refractivity contribution in [2.75, 3.05) is 0 Å². The molecule has 0 fully saturated rings. The summed E-state index contributed by atoms with van der Waals surface area (Å²) in [4.78, 5) is 11.7.